The zero-order valence-electron chi connectivity index (χ0n) is 11.6. The Bertz CT molecular complexity index is 593. The average molecular weight is 289 g/mol. The number of Topliss-reactive ketones (excluding diaryl/α,β-unsaturated/α-hetero) is 1. The van der Waals surface area contributed by atoms with Crippen LogP contribution in [0, 0.1) is 0 Å². The highest BCUT2D eigenvalue weighted by molar-refractivity contribution is 6.34. The number of carbonyl (C=O) groups excluding carboxylic acids is 1. The van der Waals surface area contributed by atoms with Gasteiger partial charge in [0.05, 0.1) is 12.1 Å². The van der Waals surface area contributed by atoms with E-state index in [-0.39, 0.29) is 11.7 Å². The minimum atomic E-state index is -0.165. The highest BCUT2D eigenvalue weighted by atomic mass is 35.5. The minimum absolute atomic E-state index is 0.0475. The molecule has 0 saturated heterocycles. The van der Waals surface area contributed by atoms with Crippen LogP contribution in [-0.2, 0) is 0 Å². The van der Waals surface area contributed by atoms with E-state index < -0.39 is 0 Å². The first-order valence-electron chi connectivity index (χ1n) is 6.60. The lowest BCUT2D eigenvalue weighted by molar-refractivity contribution is 0.0957. The van der Waals surface area contributed by atoms with E-state index >= 15 is 0 Å². The van der Waals surface area contributed by atoms with E-state index in [2.05, 4.69) is 0 Å². The Morgan fingerprint density at radius 3 is 2.45 bits per heavy atom. The van der Waals surface area contributed by atoms with Gasteiger partial charge in [0.2, 0.25) is 0 Å². The summed E-state index contributed by atoms with van der Waals surface area (Å²) < 4.78 is 5.11. The fourth-order valence-corrected chi connectivity index (χ4v) is 2.53. The third-order valence-corrected chi connectivity index (χ3v) is 3.68. The SMILES string of the molecule is CCC(C(=O)c1ccc(OC)cc1Cl)c1ccccc1. The molecule has 0 bridgehead atoms. The van der Waals surface area contributed by atoms with Crippen LogP contribution < -0.4 is 4.74 Å². The highest BCUT2D eigenvalue weighted by Gasteiger charge is 2.22. The third-order valence-electron chi connectivity index (χ3n) is 3.37. The fraction of sp³-hybridized carbons (Fsp3) is 0.235. The van der Waals surface area contributed by atoms with Gasteiger partial charge in [-0.25, -0.2) is 0 Å². The molecule has 104 valence electrons. The van der Waals surface area contributed by atoms with Crippen molar-refractivity contribution in [2.75, 3.05) is 7.11 Å². The van der Waals surface area contributed by atoms with Crippen LogP contribution in [0.25, 0.3) is 0 Å². The average Bonchev–Trinajstić information content (AvgIpc) is 2.48. The van der Waals surface area contributed by atoms with Gasteiger partial charge >= 0.3 is 0 Å². The van der Waals surface area contributed by atoms with Crippen LogP contribution in [0.15, 0.2) is 48.5 Å². The second-order valence-corrected chi connectivity index (χ2v) is 4.99. The molecule has 2 aromatic rings. The van der Waals surface area contributed by atoms with Gasteiger partial charge in [0, 0.05) is 11.5 Å². The van der Waals surface area contributed by atoms with Crippen molar-refractivity contribution >= 4 is 17.4 Å². The molecule has 0 saturated carbocycles. The number of ketones is 1. The van der Waals surface area contributed by atoms with E-state index in [0.29, 0.717) is 16.3 Å². The van der Waals surface area contributed by atoms with E-state index in [9.17, 15) is 4.79 Å². The largest absolute Gasteiger partial charge is 0.497 e. The van der Waals surface area contributed by atoms with Crippen molar-refractivity contribution < 1.29 is 9.53 Å². The predicted octanol–water partition coefficient (Wildman–Crippen LogP) is 4.73. The van der Waals surface area contributed by atoms with E-state index in [1.165, 1.54) is 0 Å². The number of ether oxygens (including phenoxy) is 1. The Labute approximate surface area is 124 Å². The molecule has 0 aliphatic rings. The number of benzene rings is 2. The normalized spacial score (nSPS) is 11.9. The predicted molar refractivity (Wildman–Crippen MR) is 81.8 cm³/mol. The fourth-order valence-electron chi connectivity index (χ4n) is 2.27. The van der Waals surface area contributed by atoms with Crippen LogP contribution in [0.2, 0.25) is 5.02 Å². The quantitative estimate of drug-likeness (QED) is 0.744. The minimum Gasteiger partial charge on any atom is -0.497 e. The lowest BCUT2D eigenvalue weighted by Gasteiger charge is -2.15. The molecule has 0 aliphatic heterocycles. The van der Waals surface area contributed by atoms with Crippen molar-refractivity contribution in [1.82, 2.24) is 0 Å². The first kappa shape index (κ1) is 14.6. The molecule has 0 aliphatic carbocycles. The van der Waals surface area contributed by atoms with Gasteiger partial charge in [-0.05, 0) is 30.2 Å². The molecular formula is C17H17ClO2. The second-order valence-electron chi connectivity index (χ2n) is 4.58. The number of halogens is 1. The van der Waals surface area contributed by atoms with Crippen LogP contribution in [0.3, 0.4) is 0 Å². The van der Waals surface area contributed by atoms with Gasteiger partial charge in [0.15, 0.2) is 5.78 Å². The number of rotatable bonds is 5. The second kappa shape index (κ2) is 6.58. The molecule has 0 fully saturated rings. The molecule has 2 nitrogen and oxygen atoms in total. The summed E-state index contributed by atoms with van der Waals surface area (Å²) in [4.78, 5) is 12.7. The Hall–Kier alpha value is -1.80. The van der Waals surface area contributed by atoms with Crippen molar-refractivity contribution in [1.29, 1.82) is 0 Å². The van der Waals surface area contributed by atoms with Crippen LogP contribution in [0.1, 0.15) is 35.2 Å². The molecule has 3 heteroatoms. The molecule has 2 aromatic carbocycles. The van der Waals surface area contributed by atoms with E-state index in [4.69, 9.17) is 16.3 Å². The molecular weight excluding hydrogens is 272 g/mol. The van der Waals surface area contributed by atoms with E-state index in [1.807, 2.05) is 37.3 Å². The number of carbonyl (C=O) groups is 1. The van der Waals surface area contributed by atoms with Crippen LogP contribution in [0.5, 0.6) is 5.75 Å². The molecule has 1 unspecified atom stereocenters. The zero-order valence-corrected chi connectivity index (χ0v) is 12.4. The van der Waals surface area contributed by atoms with Crippen LogP contribution in [0.4, 0.5) is 0 Å². The Balaban J connectivity index is 2.34. The van der Waals surface area contributed by atoms with Crippen molar-refractivity contribution in [3.63, 3.8) is 0 Å². The van der Waals surface area contributed by atoms with Gasteiger partial charge in [0.1, 0.15) is 5.75 Å². The summed E-state index contributed by atoms with van der Waals surface area (Å²) in [7, 11) is 1.58. The zero-order chi connectivity index (χ0) is 14.5. The topological polar surface area (TPSA) is 26.3 Å². The molecule has 0 radical (unpaired) electrons. The summed E-state index contributed by atoms with van der Waals surface area (Å²) >= 11 is 6.19. The van der Waals surface area contributed by atoms with Crippen LogP contribution >= 0.6 is 11.6 Å². The van der Waals surface area contributed by atoms with Crippen LogP contribution in [-0.4, -0.2) is 12.9 Å². The van der Waals surface area contributed by atoms with Gasteiger partial charge in [-0.3, -0.25) is 4.79 Å². The number of hydrogen-bond donors (Lipinski definition) is 0. The monoisotopic (exact) mass is 288 g/mol. The van der Waals surface area contributed by atoms with Crippen molar-refractivity contribution in [2.24, 2.45) is 0 Å². The standard InChI is InChI=1S/C17H17ClO2/c1-3-14(12-7-5-4-6-8-12)17(19)15-10-9-13(20-2)11-16(15)18/h4-11,14H,3H2,1-2H3. The van der Waals surface area contributed by atoms with Gasteiger partial charge in [-0.2, -0.15) is 0 Å². The summed E-state index contributed by atoms with van der Waals surface area (Å²) in [5, 5.41) is 0.434. The van der Waals surface area contributed by atoms with Gasteiger partial charge < -0.3 is 4.74 Å². The maximum Gasteiger partial charge on any atom is 0.171 e. The molecule has 0 heterocycles. The van der Waals surface area contributed by atoms with Crippen molar-refractivity contribution in [3.8, 4) is 5.75 Å². The highest BCUT2D eigenvalue weighted by Crippen LogP contribution is 2.29. The number of methoxy groups -OCH3 is 1. The third kappa shape index (κ3) is 3.02. The Kier molecular flexibility index (Phi) is 4.80. The molecule has 0 spiro atoms. The van der Waals surface area contributed by atoms with E-state index in [1.54, 1.807) is 25.3 Å². The summed E-state index contributed by atoms with van der Waals surface area (Å²) in [6.45, 7) is 2.01. The Morgan fingerprint density at radius 1 is 1.20 bits per heavy atom. The van der Waals surface area contributed by atoms with E-state index in [0.717, 1.165) is 12.0 Å². The van der Waals surface area contributed by atoms with Gasteiger partial charge in [-0.1, -0.05) is 48.9 Å². The maximum absolute atomic E-state index is 12.7. The first-order valence-corrected chi connectivity index (χ1v) is 6.97. The lowest BCUT2D eigenvalue weighted by atomic mass is 9.88. The molecule has 1 atom stereocenters. The molecule has 0 aromatic heterocycles. The summed E-state index contributed by atoms with van der Waals surface area (Å²) in [6, 6.07) is 15.0. The molecule has 0 N–H and O–H groups in total. The van der Waals surface area contributed by atoms with Crippen molar-refractivity contribution in [3.05, 3.63) is 64.7 Å². The summed E-state index contributed by atoms with van der Waals surface area (Å²) in [6.07, 6.45) is 0.741. The maximum atomic E-state index is 12.7. The van der Waals surface area contributed by atoms with Crippen molar-refractivity contribution in [2.45, 2.75) is 19.3 Å². The Morgan fingerprint density at radius 2 is 1.90 bits per heavy atom. The van der Waals surface area contributed by atoms with Gasteiger partial charge in [-0.15, -0.1) is 0 Å². The smallest absolute Gasteiger partial charge is 0.171 e. The summed E-state index contributed by atoms with van der Waals surface area (Å²) in [5.41, 5.74) is 1.56. The molecule has 0 amide bonds. The summed E-state index contributed by atoms with van der Waals surface area (Å²) in [5.74, 6) is 0.535. The first-order chi connectivity index (χ1) is 9.67. The van der Waals surface area contributed by atoms with Gasteiger partial charge in [0.25, 0.3) is 0 Å². The number of hydrogen-bond acceptors (Lipinski definition) is 2. The lowest BCUT2D eigenvalue weighted by Crippen LogP contribution is -2.12. The molecule has 20 heavy (non-hydrogen) atoms. The molecule has 2 rings (SSSR count).